The predicted octanol–water partition coefficient (Wildman–Crippen LogP) is 16.7. The van der Waals surface area contributed by atoms with Gasteiger partial charge >= 0.3 is 0 Å². The predicted molar refractivity (Wildman–Crippen MR) is 261 cm³/mol. The minimum absolute atomic E-state index is 0.0444. The Morgan fingerprint density at radius 2 is 0.869 bits per heavy atom. The molecule has 0 atom stereocenters. The molecule has 0 fully saturated rings. The van der Waals surface area contributed by atoms with Gasteiger partial charge in [-0.15, -0.1) is 0 Å². The van der Waals surface area contributed by atoms with Crippen LogP contribution in [0.4, 0.5) is 17.1 Å². The number of hydrogen-bond acceptors (Lipinski definition) is 1. The smallest absolute Gasteiger partial charge is 0.0462 e. The van der Waals surface area contributed by atoms with E-state index in [4.69, 9.17) is 0 Å². The third-order valence-electron chi connectivity index (χ3n) is 13.4. The number of rotatable bonds is 8. The van der Waals surface area contributed by atoms with E-state index in [1.165, 1.54) is 89.0 Å². The highest BCUT2D eigenvalue weighted by Gasteiger charge is 2.42. The lowest BCUT2D eigenvalue weighted by Gasteiger charge is -2.26. The van der Waals surface area contributed by atoms with Gasteiger partial charge in [-0.2, -0.15) is 0 Å². The lowest BCUT2D eigenvalue weighted by molar-refractivity contribution is 0.652. The molecule has 2 aliphatic carbocycles. The molecule has 0 heterocycles. The Hall–Kier alpha value is -6.96. The van der Waals surface area contributed by atoms with Crippen molar-refractivity contribution in [3.8, 4) is 55.6 Å². The molecule has 0 saturated heterocycles. The van der Waals surface area contributed by atoms with Crippen molar-refractivity contribution in [2.75, 3.05) is 4.90 Å². The van der Waals surface area contributed by atoms with Crippen molar-refractivity contribution in [1.29, 1.82) is 0 Å². The molecule has 8 aromatic carbocycles. The summed E-state index contributed by atoms with van der Waals surface area (Å²) in [5.41, 5.74) is 24.2. The maximum absolute atomic E-state index is 2.52. The SMILES string of the molecule is C/C=C\C=C(/C)c1ccc(N(c2ccc(-c3ccccc3)cc2)c2ccc(-c3ccc(-c4cccc5c4-c4cc6c(cc4C5(C)C)-c4ccccc4C6(C)C)cc3)cc2)cc1. The molecule has 0 bridgehead atoms. The highest BCUT2D eigenvalue weighted by molar-refractivity contribution is 5.96. The zero-order valence-corrected chi connectivity index (χ0v) is 36.0. The highest BCUT2D eigenvalue weighted by Crippen LogP contribution is 2.57. The Labute approximate surface area is 362 Å². The number of allylic oxidation sites excluding steroid dienone is 4. The van der Waals surface area contributed by atoms with E-state index in [-0.39, 0.29) is 10.8 Å². The van der Waals surface area contributed by atoms with Gasteiger partial charge < -0.3 is 4.90 Å². The first-order chi connectivity index (χ1) is 29.6. The van der Waals surface area contributed by atoms with E-state index >= 15 is 0 Å². The second-order valence-corrected chi connectivity index (χ2v) is 17.8. The summed E-state index contributed by atoms with van der Waals surface area (Å²) in [7, 11) is 0. The van der Waals surface area contributed by atoms with Gasteiger partial charge in [0.15, 0.2) is 0 Å². The molecule has 1 nitrogen and oxygen atoms in total. The summed E-state index contributed by atoms with van der Waals surface area (Å²) in [5.74, 6) is 0. The molecular formula is C60H51N. The molecule has 10 rings (SSSR count). The van der Waals surface area contributed by atoms with Gasteiger partial charge in [-0.05, 0) is 151 Å². The first-order valence-electron chi connectivity index (χ1n) is 21.6. The van der Waals surface area contributed by atoms with Gasteiger partial charge in [-0.25, -0.2) is 0 Å². The average molecular weight is 786 g/mol. The first kappa shape index (κ1) is 38.3. The van der Waals surface area contributed by atoms with Gasteiger partial charge in [-0.1, -0.05) is 179 Å². The van der Waals surface area contributed by atoms with Crippen molar-refractivity contribution >= 4 is 22.6 Å². The highest BCUT2D eigenvalue weighted by atomic mass is 15.1. The molecular weight excluding hydrogens is 735 g/mol. The minimum Gasteiger partial charge on any atom is -0.311 e. The molecule has 0 radical (unpaired) electrons. The fraction of sp³-hybridized carbons (Fsp3) is 0.133. The molecule has 1 heteroatoms. The van der Waals surface area contributed by atoms with Crippen LogP contribution in [0.1, 0.15) is 69.4 Å². The Balaban J connectivity index is 0.977. The second kappa shape index (κ2) is 14.9. The van der Waals surface area contributed by atoms with E-state index in [1.54, 1.807) is 0 Å². The van der Waals surface area contributed by atoms with Gasteiger partial charge in [0.05, 0.1) is 0 Å². The molecule has 0 saturated carbocycles. The Morgan fingerprint density at radius 3 is 1.49 bits per heavy atom. The van der Waals surface area contributed by atoms with Crippen LogP contribution in [0.3, 0.4) is 0 Å². The molecule has 2 aliphatic rings. The van der Waals surface area contributed by atoms with E-state index in [0.717, 1.165) is 17.1 Å². The molecule has 0 amide bonds. The van der Waals surface area contributed by atoms with Crippen LogP contribution in [0.5, 0.6) is 0 Å². The van der Waals surface area contributed by atoms with Gasteiger partial charge in [0, 0.05) is 27.9 Å². The number of nitrogens with zero attached hydrogens (tertiary/aromatic N) is 1. The molecule has 8 aromatic rings. The quantitative estimate of drug-likeness (QED) is 0.139. The number of benzene rings is 8. The van der Waals surface area contributed by atoms with Crippen LogP contribution in [0.2, 0.25) is 0 Å². The van der Waals surface area contributed by atoms with Gasteiger partial charge in [0.2, 0.25) is 0 Å². The van der Waals surface area contributed by atoms with Crippen LogP contribution in [-0.4, -0.2) is 0 Å². The van der Waals surface area contributed by atoms with E-state index in [0.29, 0.717) is 0 Å². The second-order valence-electron chi connectivity index (χ2n) is 17.8. The number of hydrogen-bond donors (Lipinski definition) is 0. The van der Waals surface area contributed by atoms with Crippen molar-refractivity contribution in [3.05, 3.63) is 228 Å². The topological polar surface area (TPSA) is 3.24 Å². The summed E-state index contributed by atoms with van der Waals surface area (Å²) in [6.45, 7) is 13.8. The third-order valence-corrected chi connectivity index (χ3v) is 13.4. The standard InChI is InChI=1S/C60H51N/c1-7-8-15-40(2)41-26-32-47(33-27-41)61(48-34-28-44(29-35-48)42-16-10-9-11-17-42)49-36-30-45(31-37-49)43-22-24-46(25-23-43)50-19-14-21-55-58(50)53-39-56-52(38-57(53)60(55,5)6)51-18-12-13-20-54(51)59(56,3)4/h7-39H,1-6H3/b8-7-,40-15+. The molecule has 0 aliphatic heterocycles. The first-order valence-corrected chi connectivity index (χ1v) is 21.6. The van der Waals surface area contributed by atoms with Crippen LogP contribution in [0, 0.1) is 0 Å². The van der Waals surface area contributed by atoms with Crippen molar-refractivity contribution in [3.63, 3.8) is 0 Å². The van der Waals surface area contributed by atoms with Crippen LogP contribution in [0.15, 0.2) is 200 Å². The maximum Gasteiger partial charge on any atom is 0.0462 e. The monoisotopic (exact) mass is 785 g/mol. The zero-order chi connectivity index (χ0) is 41.9. The Kier molecular flexibility index (Phi) is 9.37. The van der Waals surface area contributed by atoms with Crippen molar-refractivity contribution < 1.29 is 0 Å². The molecule has 61 heavy (non-hydrogen) atoms. The van der Waals surface area contributed by atoms with Gasteiger partial charge in [0.1, 0.15) is 0 Å². The van der Waals surface area contributed by atoms with Crippen LogP contribution in [-0.2, 0) is 10.8 Å². The molecule has 296 valence electrons. The summed E-state index contributed by atoms with van der Waals surface area (Å²) in [5, 5.41) is 0. The fourth-order valence-corrected chi connectivity index (χ4v) is 9.96. The van der Waals surface area contributed by atoms with Gasteiger partial charge in [-0.3, -0.25) is 0 Å². The zero-order valence-electron chi connectivity index (χ0n) is 36.0. The summed E-state index contributed by atoms with van der Waals surface area (Å²) < 4.78 is 0. The fourth-order valence-electron chi connectivity index (χ4n) is 9.96. The van der Waals surface area contributed by atoms with E-state index in [9.17, 15) is 0 Å². The summed E-state index contributed by atoms with van der Waals surface area (Å²) >= 11 is 0. The molecule has 0 N–H and O–H groups in total. The lowest BCUT2D eigenvalue weighted by Crippen LogP contribution is -2.16. The van der Waals surface area contributed by atoms with Crippen LogP contribution < -0.4 is 4.90 Å². The summed E-state index contributed by atoms with van der Waals surface area (Å²) in [4.78, 5) is 2.35. The van der Waals surface area contributed by atoms with Crippen molar-refractivity contribution in [2.24, 2.45) is 0 Å². The van der Waals surface area contributed by atoms with E-state index in [1.807, 2.05) is 6.92 Å². The van der Waals surface area contributed by atoms with Crippen LogP contribution in [0.25, 0.3) is 61.2 Å². The van der Waals surface area contributed by atoms with Crippen molar-refractivity contribution in [1.82, 2.24) is 0 Å². The van der Waals surface area contributed by atoms with Crippen LogP contribution >= 0.6 is 0 Å². The van der Waals surface area contributed by atoms with E-state index < -0.39 is 0 Å². The van der Waals surface area contributed by atoms with Crippen molar-refractivity contribution in [2.45, 2.75) is 52.4 Å². The normalized spacial score (nSPS) is 14.4. The Morgan fingerprint density at radius 1 is 0.410 bits per heavy atom. The lowest BCUT2D eigenvalue weighted by atomic mass is 9.79. The number of anilines is 3. The average Bonchev–Trinajstić information content (AvgIpc) is 3.67. The Bertz CT molecular complexity index is 2980. The summed E-state index contributed by atoms with van der Waals surface area (Å²) in [6, 6.07) is 67.5. The molecule has 0 spiro atoms. The molecule has 0 unspecified atom stereocenters. The largest absolute Gasteiger partial charge is 0.311 e. The summed E-state index contributed by atoms with van der Waals surface area (Å²) in [6.07, 6.45) is 6.32. The maximum atomic E-state index is 2.52. The molecule has 0 aromatic heterocycles. The third kappa shape index (κ3) is 6.48. The van der Waals surface area contributed by atoms with E-state index in [2.05, 4.69) is 240 Å². The minimum atomic E-state index is -0.0961. The number of fused-ring (bicyclic) bond motifs is 6. The van der Waals surface area contributed by atoms with Gasteiger partial charge in [0.25, 0.3) is 0 Å².